The Labute approximate surface area is 204 Å². The smallest absolute Gasteiger partial charge is 0.229 e. The third-order valence-corrected chi connectivity index (χ3v) is 6.78. The Kier molecular flexibility index (Phi) is 6.87. The number of hydrogen-bond donors (Lipinski definition) is 1. The van der Waals surface area contributed by atoms with Gasteiger partial charge >= 0.3 is 0 Å². The van der Waals surface area contributed by atoms with Crippen molar-refractivity contribution in [2.75, 3.05) is 68.5 Å². The highest BCUT2D eigenvalue weighted by Crippen LogP contribution is 2.30. The molecule has 2 saturated heterocycles. The quantitative estimate of drug-likeness (QED) is 0.566. The Bertz CT molecular complexity index is 1150. The molecule has 0 amide bonds. The van der Waals surface area contributed by atoms with Crippen LogP contribution in [0, 0.1) is 0 Å². The summed E-state index contributed by atoms with van der Waals surface area (Å²) in [5.74, 6) is 2.58. The number of aromatic nitrogens is 5. The number of methoxy groups -OCH3 is 1. The second-order valence-electron chi connectivity index (χ2n) is 9.23. The van der Waals surface area contributed by atoms with Gasteiger partial charge in [-0.15, -0.1) is 10.2 Å². The number of nitrogens with zero attached hydrogens (tertiary/aromatic N) is 8. The van der Waals surface area contributed by atoms with E-state index in [4.69, 9.17) is 14.7 Å². The Morgan fingerprint density at radius 3 is 2.49 bits per heavy atom. The van der Waals surface area contributed by atoms with Crippen LogP contribution in [0.25, 0.3) is 10.9 Å². The van der Waals surface area contributed by atoms with E-state index in [-0.39, 0.29) is 6.10 Å². The number of ether oxygens (including phenoxy) is 1. The summed E-state index contributed by atoms with van der Waals surface area (Å²) in [5, 5.41) is 12.8. The number of pyridine rings is 1. The van der Waals surface area contributed by atoms with Crippen molar-refractivity contribution in [2.45, 2.75) is 32.0 Å². The predicted octanol–water partition coefficient (Wildman–Crippen LogP) is 2.96. The van der Waals surface area contributed by atoms with Crippen LogP contribution in [0.5, 0.6) is 0 Å². The van der Waals surface area contributed by atoms with E-state index in [1.54, 1.807) is 13.3 Å². The molecule has 2 aliphatic heterocycles. The van der Waals surface area contributed by atoms with Gasteiger partial charge in [-0.3, -0.25) is 0 Å². The summed E-state index contributed by atoms with van der Waals surface area (Å²) < 4.78 is 19.3. The molecule has 35 heavy (non-hydrogen) atoms. The average molecular weight is 482 g/mol. The van der Waals surface area contributed by atoms with Gasteiger partial charge in [0, 0.05) is 58.0 Å². The topological polar surface area (TPSA) is 95.4 Å². The van der Waals surface area contributed by atoms with Crippen LogP contribution in [0.1, 0.15) is 31.6 Å². The summed E-state index contributed by atoms with van der Waals surface area (Å²) in [6.07, 6.45) is 1.80. The van der Waals surface area contributed by atoms with Crippen LogP contribution in [-0.4, -0.2) is 89.6 Å². The molecule has 0 bridgehead atoms. The summed E-state index contributed by atoms with van der Waals surface area (Å²) in [6, 6.07) is 5.81. The van der Waals surface area contributed by atoms with Crippen molar-refractivity contribution in [3.63, 3.8) is 0 Å². The molecule has 186 valence electrons. The molecule has 3 aromatic rings. The van der Waals surface area contributed by atoms with Gasteiger partial charge in [0.2, 0.25) is 5.95 Å². The minimum atomic E-state index is -0.766. The fourth-order valence-corrected chi connectivity index (χ4v) is 4.42. The van der Waals surface area contributed by atoms with Gasteiger partial charge in [-0.1, -0.05) is 0 Å². The zero-order valence-electron chi connectivity index (χ0n) is 20.5. The van der Waals surface area contributed by atoms with Gasteiger partial charge in [0.25, 0.3) is 0 Å². The number of anilines is 4. The largest absolute Gasteiger partial charge is 0.375 e. The predicted molar refractivity (Wildman–Crippen MR) is 134 cm³/mol. The average Bonchev–Trinajstić information content (AvgIpc) is 2.89. The van der Waals surface area contributed by atoms with Crippen molar-refractivity contribution in [2.24, 2.45) is 0 Å². The van der Waals surface area contributed by atoms with Crippen molar-refractivity contribution in [1.82, 2.24) is 30.0 Å². The van der Waals surface area contributed by atoms with Crippen LogP contribution in [0.4, 0.5) is 27.8 Å². The molecular formula is C24H32FN9O. The molecule has 0 spiro atoms. The lowest BCUT2D eigenvalue weighted by Gasteiger charge is -2.32. The summed E-state index contributed by atoms with van der Waals surface area (Å²) in [4.78, 5) is 20.8. The molecule has 10 nitrogen and oxygen atoms in total. The SMILES string of the molecule is CO[C@H](C)c1cc2cnc(Nc3ccc(N4CCN(C)CC4)nn3)nc2c(N2CCC(F)CC2)n1. The number of halogens is 1. The number of rotatable bonds is 6. The van der Waals surface area contributed by atoms with E-state index < -0.39 is 6.17 Å². The molecule has 2 aliphatic rings. The first-order valence-corrected chi connectivity index (χ1v) is 12.1. The molecule has 5 rings (SSSR count). The zero-order chi connectivity index (χ0) is 24.4. The Morgan fingerprint density at radius 2 is 1.80 bits per heavy atom. The highest BCUT2D eigenvalue weighted by Gasteiger charge is 2.24. The standard InChI is InChI=1S/C24H32FN9O/c1-16(35-3)19-14-17-15-26-24(29-22(17)23(27-19)34-8-6-18(25)7-9-34)28-20-4-5-21(31-30-20)33-12-10-32(2)11-13-33/h4-5,14-16,18H,6-13H2,1-3H3,(H,26,28,29,30)/t16-/m1/s1. The minimum absolute atomic E-state index is 0.177. The van der Waals surface area contributed by atoms with Crippen molar-refractivity contribution in [3.8, 4) is 0 Å². The normalized spacial score (nSPS) is 18.7. The van der Waals surface area contributed by atoms with Crippen molar-refractivity contribution in [3.05, 3.63) is 30.1 Å². The number of likely N-dealkylation sites (N-methyl/N-ethyl adjacent to an activating group) is 1. The number of piperazine rings is 1. The van der Waals surface area contributed by atoms with Gasteiger partial charge in [-0.2, -0.15) is 0 Å². The Morgan fingerprint density at radius 1 is 1.03 bits per heavy atom. The van der Waals surface area contributed by atoms with Crippen LogP contribution < -0.4 is 15.1 Å². The maximum Gasteiger partial charge on any atom is 0.229 e. The van der Waals surface area contributed by atoms with E-state index in [1.165, 1.54) is 0 Å². The first-order chi connectivity index (χ1) is 17.0. The maximum atomic E-state index is 13.8. The first-order valence-electron chi connectivity index (χ1n) is 12.1. The van der Waals surface area contributed by atoms with Crippen LogP contribution >= 0.6 is 0 Å². The molecule has 11 heteroatoms. The number of alkyl halides is 1. The van der Waals surface area contributed by atoms with E-state index >= 15 is 0 Å². The number of fused-ring (bicyclic) bond motifs is 1. The molecule has 5 heterocycles. The van der Waals surface area contributed by atoms with E-state index in [0.29, 0.717) is 43.2 Å². The van der Waals surface area contributed by atoms with E-state index in [9.17, 15) is 4.39 Å². The lowest BCUT2D eigenvalue weighted by molar-refractivity contribution is 0.116. The maximum absolute atomic E-state index is 13.8. The highest BCUT2D eigenvalue weighted by atomic mass is 19.1. The molecule has 3 aromatic heterocycles. The molecule has 0 radical (unpaired) electrons. The number of hydrogen-bond acceptors (Lipinski definition) is 10. The summed E-state index contributed by atoms with van der Waals surface area (Å²) >= 11 is 0. The molecular weight excluding hydrogens is 449 g/mol. The molecule has 2 fully saturated rings. The molecule has 1 N–H and O–H groups in total. The van der Waals surface area contributed by atoms with E-state index in [2.05, 4.69) is 42.2 Å². The highest BCUT2D eigenvalue weighted by molar-refractivity contribution is 5.89. The molecule has 0 unspecified atom stereocenters. The van der Waals surface area contributed by atoms with Crippen molar-refractivity contribution in [1.29, 1.82) is 0 Å². The summed E-state index contributed by atoms with van der Waals surface area (Å²) in [6.45, 7) is 7.04. The minimum Gasteiger partial charge on any atom is -0.375 e. The van der Waals surface area contributed by atoms with Crippen molar-refractivity contribution < 1.29 is 9.13 Å². The number of nitrogens with one attached hydrogen (secondary N) is 1. The van der Waals surface area contributed by atoms with Crippen LogP contribution in [0.15, 0.2) is 24.4 Å². The molecule has 0 aliphatic carbocycles. The van der Waals surface area contributed by atoms with Gasteiger partial charge < -0.3 is 24.8 Å². The first kappa shape index (κ1) is 23.6. The van der Waals surface area contributed by atoms with Gasteiger partial charge in [0.05, 0.1) is 11.8 Å². The zero-order valence-corrected chi connectivity index (χ0v) is 20.5. The fraction of sp³-hybridized carbons (Fsp3) is 0.542. The van der Waals surface area contributed by atoms with Crippen molar-refractivity contribution >= 4 is 34.3 Å². The molecule has 0 aromatic carbocycles. The second-order valence-corrected chi connectivity index (χ2v) is 9.23. The van der Waals surface area contributed by atoms with Crippen LogP contribution in [0.3, 0.4) is 0 Å². The Hall–Kier alpha value is -3.18. The molecule has 0 saturated carbocycles. The fourth-order valence-electron chi connectivity index (χ4n) is 4.42. The van der Waals surface area contributed by atoms with Gasteiger partial charge in [-0.25, -0.2) is 19.3 Å². The van der Waals surface area contributed by atoms with Crippen LogP contribution in [-0.2, 0) is 4.74 Å². The van der Waals surface area contributed by atoms with E-state index in [0.717, 1.165) is 48.9 Å². The third kappa shape index (κ3) is 5.25. The summed E-state index contributed by atoms with van der Waals surface area (Å²) in [7, 11) is 3.78. The monoisotopic (exact) mass is 481 g/mol. The van der Waals surface area contributed by atoms with Gasteiger partial charge in [-0.05, 0) is 45.0 Å². The van der Waals surface area contributed by atoms with Gasteiger partial charge in [0.15, 0.2) is 17.5 Å². The lowest BCUT2D eigenvalue weighted by Crippen LogP contribution is -2.44. The number of piperidine rings is 1. The van der Waals surface area contributed by atoms with Gasteiger partial charge in [0.1, 0.15) is 11.7 Å². The molecule has 1 atom stereocenters. The third-order valence-electron chi connectivity index (χ3n) is 6.78. The summed E-state index contributed by atoms with van der Waals surface area (Å²) in [5.41, 5.74) is 1.51. The van der Waals surface area contributed by atoms with E-state index in [1.807, 2.05) is 25.1 Å². The lowest BCUT2D eigenvalue weighted by atomic mass is 10.1. The Balaban J connectivity index is 1.40. The second kappa shape index (κ2) is 10.2. The van der Waals surface area contributed by atoms with Crippen LogP contribution in [0.2, 0.25) is 0 Å².